The summed E-state index contributed by atoms with van der Waals surface area (Å²) in [6, 6.07) is 3.58. The van der Waals surface area contributed by atoms with Crippen molar-refractivity contribution in [3.8, 4) is 0 Å². The minimum Gasteiger partial charge on any atom is -0.467 e. The van der Waals surface area contributed by atoms with Crippen LogP contribution in [0.3, 0.4) is 0 Å². The molecule has 1 aromatic heterocycles. The van der Waals surface area contributed by atoms with Crippen molar-refractivity contribution < 1.29 is 14.3 Å². The van der Waals surface area contributed by atoms with Gasteiger partial charge < -0.3 is 14.4 Å². The van der Waals surface area contributed by atoms with Crippen LogP contribution in [-0.4, -0.2) is 53.5 Å². The van der Waals surface area contributed by atoms with Crippen LogP contribution in [0.25, 0.3) is 0 Å². The van der Waals surface area contributed by atoms with Crippen LogP contribution in [0.5, 0.6) is 0 Å². The van der Waals surface area contributed by atoms with Gasteiger partial charge in [0.1, 0.15) is 11.9 Å². The van der Waals surface area contributed by atoms with Gasteiger partial charge in [-0.3, -0.25) is 9.69 Å². The highest BCUT2D eigenvalue weighted by atomic mass is 16.4. The zero-order chi connectivity index (χ0) is 14.7. The van der Waals surface area contributed by atoms with Crippen LogP contribution in [0, 0.1) is 5.92 Å². The number of rotatable bonds is 4. The van der Waals surface area contributed by atoms with E-state index < -0.39 is 6.10 Å². The molecule has 21 heavy (non-hydrogen) atoms. The van der Waals surface area contributed by atoms with Crippen LogP contribution in [0.15, 0.2) is 22.8 Å². The summed E-state index contributed by atoms with van der Waals surface area (Å²) in [4.78, 5) is 16.6. The Labute approximate surface area is 125 Å². The van der Waals surface area contributed by atoms with Crippen LogP contribution in [0.4, 0.5) is 0 Å². The molecule has 116 valence electrons. The Bertz CT molecular complexity index is 446. The summed E-state index contributed by atoms with van der Waals surface area (Å²) >= 11 is 0. The number of piperazine rings is 1. The van der Waals surface area contributed by atoms with Gasteiger partial charge in [-0.2, -0.15) is 0 Å². The number of β-amino-alcohol motifs (C(OH)–C–C–N with tert-alkyl or cyclic N) is 1. The van der Waals surface area contributed by atoms with Crippen LogP contribution < -0.4 is 0 Å². The van der Waals surface area contributed by atoms with Gasteiger partial charge in [0.15, 0.2) is 0 Å². The highest BCUT2D eigenvalue weighted by Gasteiger charge is 2.29. The van der Waals surface area contributed by atoms with Crippen molar-refractivity contribution in [2.45, 2.75) is 31.8 Å². The molecule has 1 saturated heterocycles. The maximum atomic E-state index is 12.4. The molecule has 1 aliphatic heterocycles. The third kappa shape index (κ3) is 3.47. The molecule has 0 unspecified atom stereocenters. The van der Waals surface area contributed by atoms with E-state index in [0.717, 1.165) is 39.0 Å². The van der Waals surface area contributed by atoms with E-state index in [1.165, 1.54) is 12.8 Å². The first-order valence-electron chi connectivity index (χ1n) is 7.96. The lowest BCUT2D eigenvalue weighted by molar-refractivity contribution is -0.137. The zero-order valence-electron chi connectivity index (χ0n) is 12.4. The van der Waals surface area contributed by atoms with Gasteiger partial charge in [0.25, 0.3) is 0 Å². The summed E-state index contributed by atoms with van der Waals surface area (Å²) in [6.07, 6.45) is 5.53. The van der Waals surface area contributed by atoms with Crippen molar-refractivity contribution in [1.82, 2.24) is 9.80 Å². The summed E-state index contributed by atoms with van der Waals surface area (Å²) in [5.41, 5.74) is 0. The van der Waals surface area contributed by atoms with Crippen LogP contribution >= 0.6 is 0 Å². The molecule has 2 aliphatic rings. The molecule has 5 nitrogen and oxygen atoms in total. The van der Waals surface area contributed by atoms with E-state index in [-0.39, 0.29) is 5.92 Å². The maximum absolute atomic E-state index is 12.4. The molecule has 1 atom stereocenters. The fourth-order valence-corrected chi connectivity index (χ4v) is 3.40. The molecule has 1 amide bonds. The molecule has 0 radical (unpaired) electrons. The van der Waals surface area contributed by atoms with E-state index in [1.807, 2.05) is 4.90 Å². The monoisotopic (exact) mass is 292 g/mol. The average molecular weight is 292 g/mol. The van der Waals surface area contributed by atoms with Crippen molar-refractivity contribution in [2.24, 2.45) is 5.92 Å². The van der Waals surface area contributed by atoms with Crippen LogP contribution in [0.1, 0.15) is 37.5 Å². The standard InChI is InChI=1S/C16H24N2O3/c19-14(15-6-3-11-21-15)12-17-7-9-18(10-8-17)16(20)13-4-1-2-5-13/h3,6,11,13-14,19H,1-2,4-5,7-10,12H2/t14-/m0/s1. The summed E-state index contributed by atoms with van der Waals surface area (Å²) in [7, 11) is 0. The third-order valence-electron chi connectivity index (χ3n) is 4.69. The highest BCUT2D eigenvalue weighted by Crippen LogP contribution is 2.27. The molecule has 0 aromatic carbocycles. The minimum absolute atomic E-state index is 0.269. The lowest BCUT2D eigenvalue weighted by Crippen LogP contribution is -2.50. The second kappa shape index (κ2) is 6.62. The summed E-state index contributed by atoms with van der Waals surface area (Å²) in [6.45, 7) is 3.78. The van der Waals surface area contributed by atoms with Crippen molar-refractivity contribution in [1.29, 1.82) is 0 Å². The number of furan rings is 1. The van der Waals surface area contributed by atoms with Gasteiger partial charge in [0, 0.05) is 38.6 Å². The highest BCUT2D eigenvalue weighted by molar-refractivity contribution is 5.79. The van der Waals surface area contributed by atoms with E-state index in [4.69, 9.17) is 4.42 Å². The topological polar surface area (TPSA) is 56.9 Å². The molecule has 5 heteroatoms. The summed E-state index contributed by atoms with van der Waals surface area (Å²) in [5.74, 6) is 1.23. The molecule has 1 N–H and O–H groups in total. The lowest BCUT2D eigenvalue weighted by Gasteiger charge is -2.36. The Kier molecular flexibility index (Phi) is 4.60. The Morgan fingerprint density at radius 2 is 2.00 bits per heavy atom. The van der Waals surface area contributed by atoms with Crippen LogP contribution in [0.2, 0.25) is 0 Å². The average Bonchev–Trinajstić information content (AvgIpc) is 3.20. The first-order chi connectivity index (χ1) is 10.2. The Hall–Kier alpha value is -1.33. The number of carbonyl (C=O) groups is 1. The quantitative estimate of drug-likeness (QED) is 0.917. The Morgan fingerprint density at radius 3 is 2.62 bits per heavy atom. The molecule has 3 rings (SSSR count). The molecule has 1 aliphatic carbocycles. The molecule has 0 spiro atoms. The zero-order valence-corrected chi connectivity index (χ0v) is 12.4. The van der Waals surface area contributed by atoms with Crippen molar-refractivity contribution in [2.75, 3.05) is 32.7 Å². The molecular weight excluding hydrogens is 268 g/mol. The Morgan fingerprint density at radius 1 is 1.29 bits per heavy atom. The van der Waals surface area contributed by atoms with Gasteiger partial charge in [-0.1, -0.05) is 12.8 Å². The number of hydrogen-bond acceptors (Lipinski definition) is 4. The number of amides is 1. The molecular formula is C16H24N2O3. The second-order valence-corrected chi connectivity index (χ2v) is 6.14. The number of nitrogens with zero attached hydrogens (tertiary/aromatic N) is 2. The second-order valence-electron chi connectivity index (χ2n) is 6.14. The van der Waals surface area contributed by atoms with Gasteiger partial charge in [-0.05, 0) is 25.0 Å². The predicted octanol–water partition coefficient (Wildman–Crippen LogP) is 1.65. The summed E-state index contributed by atoms with van der Waals surface area (Å²) in [5, 5.41) is 10.1. The van der Waals surface area contributed by atoms with E-state index in [9.17, 15) is 9.90 Å². The molecule has 1 aromatic rings. The number of carbonyl (C=O) groups excluding carboxylic acids is 1. The van der Waals surface area contributed by atoms with Gasteiger partial charge in [0.2, 0.25) is 5.91 Å². The van der Waals surface area contributed by atoms with Crippen molar-refractivity contribution in [3.63, 3.8) is 0 Å². The van der Waals surface area contributed by atoms with E-state index in [0.29, 0.717) is 18.2 Å². The smallest absolute Gasteiger partial charge is 0.225 e. The van der Waals surface area contributed by atoms with E-state index in [1.54, 1.807) is 18.4 Å². The van der Waals surface area contributed by atoms with Gasteiger partial charge >= 0.3 is 0 Å². The first kappa shape index (κ1) is 14.6. The molecule has 2 fully saturated rings. The van der Waals surface area contributed by atoms with Gasteiger partial charge in [-0.15, -0.1) is 0 Å². The fourth-order valence-electron chi connectivity index (χ4n) is 3.40. The maximum Gasteiger partial charge on any atom is 0.225 e. The predicted molar refractivity (Wildman–Crippen MR) is 78.6 cm³/mol. The largest absolute Gasteiger partial charge is 0.467 e. The summed E-state index contributed by atoms with van der Waals surface area (Å²) < 4.78 is 5.22. The van der Waals surface area contributed by atoms with E-state index >= 15 is 0 Å². The number of aliphatic hydroxyl groups is 1. The minimum atomic E-state index is -0.586. The van der Waals surface area contributed by atoms with Crippen molar-refractivity contribution >= 4 is 5.91 Å². The number of hydrogen-bond donors (Lipinski definition) is 1. The van der Waals surface area contributed by atoms with Crippen LogP contribution in [-0.2, 0) is 4.79 Å². The third-order valence-corrected chi connectivity index (χ3v) is 4.69. The number of aliphatic hydroxyl groups excluding tert-OH is 1. The Balaban J connectivity index is 1.45. The van der Waals surface area contributed by atoms with Gasteiger partial charge in [0.05, 0.1) is 6.26 Å². The van der Waals surface area contributed by atoms with E-state index in [2.05, 4.69) is 4.90 Å². The molecule has 1 saturated carbocycles. The fraction of sp³-hybridized carbons (Fsp3) is 0.688. The first-order valence-corrected chi connectivity index (χ1v) is 7.96. The SMILES string of the molecule is O=C(C1CCCC1)N1CCN(C[C@H](O)c2ccco2)CC1. The van der Waals surface area contributed by atoms with Gasteiger partial charge in [-0.25, -0.2) is 0 Å². The lowest BCUT2D eigenvalue weighted by atomic mass is 10.1. The molecule has 2 heterocycles. The normalized spacial score (nSPS) is 22.6. The van der Waals surface area contributed by atoms with Crippen molar-refractivity contribution in [3.05, 3.63) is 24.2 Å². The molecule has 0 bridgehead atoms.